The van der Waals surface area contributed by atoms with Gasteiger partial charge in [-0.3, -0.25) is 0 Å². The second-order valence-electron chi connectivity index (χ2n) is 11.2. The summed E-state index contributed by atoms with van der Waals surface area (Å²) in [4.78, 5) is 0. The van der Waals surface area contributed by atoms with Crippen LogP contribution >= 0.6 is 0 Å². The van der Waals surface area contributed by atoms with E-state index in [9.17, 15) is 0 Å². The van der Waals surface area contributed by atoms with Crippen LogP contribution in [0.25, 0.3) is 0 Å². The molecule has 8 rings (SSSR count). The van der Waals surface area contributed by atoms with Crippen LogP contribution in [0.4, 0.5) is 0 Å². The third kappa shape index (κ3) is 3.11. The van der Waals surface area contributed by atoms with Gasteiger partial charge in [0.15, 0.2) is 0 Å². The minimum Gasteiger partial charge on any atom is -0.369 e. The van der Waals surface area contributed by atoms with Crippen LogP contribution in [-0.4, -0.2) is 36.6 Å². The highest BCUT2D eigenvalue weighted by Gasteiger charge is 2.65. The van der Waals surface area contributed by atoms with E-state index in [0.29, 0.717) is 24.4 Å². The number of epoxide rings is 3. The van der Waals surface area contributed by atoms with Gasteiger partial charge in [0, 0.05) is 0 Å². The first-order valence-electron chi connectivity index (χ1n) is 12.1. The molecule has 13 atom stereocenters. The minimum absolute atomic E-state index is 0.670. The Hall–Kier alpha value is -0.120. The molecule has 0 aromatic heterocycles. The zero-order chi connectivity index (χ0) is 18.3. The highest BCUT2D eigenvalue weighted by Crippen LogP contribution is 2.65. The van der Waals surface area contributed by atoms with Crippen molar-refractivity contribution in [3.05, 3.63) is 0 Å². The fourth-order valence-electron chi connectivity index (χ4n) is 7.85. The Balaban J connectivity index is 0.0000000857. The molecule has 5 aliphatic carbocycles. The van der Waals surface area contributed by atoms with E-state index in [-0.39, 0.29) is 0 Å². The lowest BCUT2D eigenvalue weighted by molar-refractivity contribution is 0.119. The highest BCUT2D eigenvalue weighted by atomic mass is 16.6. The highest BCUT2D eigenvalue weighted by molar-refractivity contribution is 5.13. The van der Waals surface area contributed by atoms with Crippen LogP contribution in [0.1, 0.15) is 72.1 Å². The van der Waals surface area contributed by atoms with E-state index in [1.165, 1.54) is 44.9 Å². The molecule has 3 aliphatic heterocycles. The van der Waals surface area contributed by atoms with Gasteiger partial charge in [-0.15, -0.1) is 0 Å². The number of fused-ring (bicyclic) bond motifs is 9. The van der Waals surface area contributed by atoms with Crippen LogP contribution in [-0.2, 0) is 14.2 Å². The zero-order valence-electron chi connectivity index (χ0n) is 17.4. The zero-order valence-corrected chi connectivity index (χ0v) is 17.4. The van der Waals surface area contributed by atoms with Crippen molar-refractivity contribution < 1.29 is 14.2 Å². The standard InChI is InChI=1S/C11H16O.C7H12O.C6H10O/c1-5-2-6-3-7(5)8-4-9-11(12-9)10(6)8;1-5-3-2-4-6-7(5)8-6;1-4-2-3-5-6(4)7-5/h5-11H,2-4H2,1H3;5-7H,2-4H2,1H3;4-6H,2-3H2,1H3. The van der Waals surface area contributed by atoms with Crippen LogP contribution < -0.4 is 0 Å². The van der Waals surface area contributed by atoms with Gasteiger partial charge in [-0.1, -0.05) is 27.2 Å². The number of hydrogen-bond donors (Lipinski definition) is 0. The van der Waals surface area contributed by atoms with E-state index in [0.717, 1.165) is 53.6 Å². The molecule has 8 aliphatic rings. The van der Waals surface area contributed by atoms with Crippen molar-refractivity contribution in [3.63, 3.8) is 0 Å². The smallest absolute Gasteiger partial charge is 0.0875 e. The Morgan fingerprint density at radius 3 is 1.85 bits per heavy atom. The fourth-order valence-corrected chi connectivity index (χ4v) is 7.85. The molecule has 13 unspecified atom stereocenters. The average Bonchev–Trinajstić information content (AvgIpc) is 3.60. The third-order valence-corrected chi connectivity index (χ3v) is 9.49. The second kappa shape index (κ2) is 6.44. The van der Waals surface area contributed by atoms with E-state index in [1.54, 1.807) is 6.42 Å². The first-order chi connectivity index (χ1) is 13.1. The van der Waals surface area contributed by atoms with Gasteiger partial charge < -0.3 is 14.2 Å². The van der Waals surface area contributed by atoms with Gasteiger partial charge >= 0.3 is 0 Å². The van der Waals surface area contributed by atoms with Crippen molar-refractivity contribution >= 4 is 0 Å². The maximum absolute atomic E-state index is 5.65. The van der Waals surface area contributed by atoms with Gasteiger partial charge in [0.2, 0.25) is 0 Å². The predicted molar refractivity (Wildman–Crippen MR) is 104 cm³/mol. The van der Waals surface area contributed by atoms with Gasteiger partial charge in [-0.2, -0.15) is 0 Å². The number of ether oxygens (including phenoxy) is 3. The van der Waals surface area contributed by atoms with E-state index in [1.807, 2.05) is 0 Å². The molecule has 3 heteroatoms. The summed E-state index contributed by atoms with van der Waals surface area (Å²) in [6.45, 7) is 7.03. The Morgan fingerprint density at radius 1 is 0.556 bits per heavy atom. The lowest BCUT2D eigenvalue weighted by Gasteiger charge is -2.30. The Labute approximate surface area is 164 Å². The first kappa shape index (κ1) is 17.7. The molecule has 27 heavy (non-hydrogen) atoms. The molecule has 3 nitrogen and oxygen atoms in total. The predicted octanol–water partition coefficient (Wildman–Crippen LogP) is 4.82. The Bertz CT molecular complexity index is 578. The summed E-state index contributed by atoms with van der Waals surface area (Å²) >= 11 is 0. The fraction of sp³-hybridized carbons (Fsp3) is 1.00. The second-order valence-corrected chi connectivity index (χ2v) is 11.2. The van der Waals surface area contributed by atoms with Gasteiger partial charge in [0.1, 0.15) is 0 Å². The SMILES string of the molecule is CC1CC2CC1C1CC3OC3C21.CC1CCC2OC12.CC1CCCC2OC12. The topological polar surface area (TPSA) is 37.6 Å². The Kier molecular flexibility index (Phi) is 4.22. The summed E-state index contributed by atoms with van der Waals surface area (Å²) in [6, 6.07) is 0. The van der Waals surface area contributed by atoms with Crippen LogP contribution in [0, 0.1) is 41.4 Å². The average molecular weight is 375 g/mol. The largest absolute Gasteiger partial charge is 0.369 e. The number of rotatable bonds is 0. The maximum atomic E-state index is 5.65. The molecular formula is C24H38O3. The van der Waals surface area contributed by atoms with Gasteiger partial charge in [-0.05, 0) is 86.4 Å². The molecule has 0 amide bonds. The molecule has 0 spiro atoms. The molecule has 2 bridgehead atoms. The van der Waals surface area contributed by atoms with Crippen molar-refractivity contribution in [2.24, 2.45) is 41.4 Å². The molecule has 0 N–H and O–H groups in total. The van der Waals surface area contributed by atoms with Crippen LogP contribution in [0.15, 0.2) is 0 Å². The van der Waals surface area contributed by atoms with Gasteiger partial charge in [-0.25, -0.2) is 0 Å². The molecule has 3 heterocycles. The lowest BCUT2D eigenvalue weighted by Crippen LogP contribution is -2.26. The summed E-state index contributed by atoms with van der Waals surface area (Å²) in [5, 5.41) is 0. The van der Waals surface area contributed by atoms with E-state index in [2.05, 4.69) is 20.8 Å². The van der Waals surface area contributed by atoms with Crippen molar-refractivity contribution in [2.75, 3.05) is 0 Å². The molecule has 0 aromatic rings. The molecule has 5 saturated carbocycles. The molecule has 8 fully saturated rings. The summed E-state index contributed by atoms with van der Waals surface area (Å²) in [7, 11) is 0. The summed E-state index contributed by atoms with van der Waals surface area (Å²) in [5.41, 5.74) is 0. The van der Waals surface area contributed by atoms with Crippen molar-refractivity contribution in [3.8, 4) is 0 Å². The molecular weight excluding hydrogens is 336 g/mol. The molecule has 0 aromatic carbocycles. The van der Waals surface area contributed by atoms with E-state index >= 15 is 0 Å². The maximum Gasteiger partial charge on any atom is 0.0875 e. The summed E-state index contributed by atoms with van der Waals surface area (Å²) in [6.07, 6.45) is 15.5. The monoisotopic (exact) mass is 374 g/mol. The summed E-state index contributed by atoms with van der Waals surface area (Å²) in [5.74, 6) is 7.01. The van der Waals surface area contributed by atoms with E-state index < -0.39 is 0 Å². The minimum atomic E-state index is 0.670. The van der Waals surface area contributed by atoms with Crippen LogP contribution in [0.2, 0.25) is 0 Å². The summed E-state index contributed by atoms with van der Waals surface area (Å²) < 4.78 is 16.3. The Morgan fingerprint density at radius 2 is 1.26 bits per heavy atom. The van der Waals surface area contributed by atoms with Crippen molar-refractivity contribution in [2.45, 2.75) is 109 Å². The quantitative estimate of drug-likeness (QED) is 0.570. The van der Waals surface area contributed by atoms with Gasteiger partial charge in [0.25, 0.3) is 0 Å². The normalized spacial score (nSPS) is 62.1. The van der Waals surface area contributed by atoms with Crippen LogP contribution in [0.3, 0.4) is 0 Å². The first-order valence-corrected chi connectivity index (χ1v) is 12.1. The van der Waals surface area contributed by atoms with E-state index in [4.69, 9.17) is 14.2 Å². The molecule has 152 valence electrons. The van der Waals surface area contributed by atoms with Crippen molar-refractivity contribution in [1.82, 2.24) is 0 Å². The molecule has 3 saturated heterocycles. The molecule has 0 radical (unpaired) electrons. The number of hydrogen-bond acceptors (Lipinski definition) is 3. The van der Waals surface area contributed by atoms with Crippen molar-refractivity contribution in [1.29, 1.82) is 0 Å². The van der Waals surface area contributed by atoms with Crippen LogP contribution in [0.5, 0.6) is 0 Å². The lowest BCUT2D eigenvalue weighted by atomic mass is 9.76. The van der Waals surface area contributed by atoms with Gasteiger partial charge in [0.05, 0.1) is 36.6 Å². The third-order valence-electron chi connectivity index (χ3n) is 9.49.